The number of nitrogens with one attached hydrogen (secondary N) is 1. The number of hydrogen-bond donors (Lipinski definition) is 1. The first-order valence-electron chi connectivity index (χ1n) is 8.59. The molecule has 0 aliphatic carbocycles. The lowest BCUT2D eigenvalue weighted by molar-refractivity contribution is -0.117. The first-order valence-corrected chi connectivity index (χ1v) is 10.4. The third-order valence-electron chi connectivity index (χ3n) is 4.43. The Bertz CT molecular complexity index is 1030. The molecule has 1 aliphatic rings. The highest BCUT2D eigenvalue weighted by Crippen LogP contribution is 2.23. The van der Waals surface area contributed by atoms with Crippen LogP contribution in [0.2, 0.25) is 5.02 Å². The second kappa shape index (κ2) is 8.70. The van der Waals surface area contributed by atoms with Crippen LogP contribution in [0, 0.1) is 17.5 Å². The molecule has 0 bridgehead atoms. The molecule has 0 aromatic heterocycles. The molecule has 0 atom stereocenters. The number of hydrogen-bond acceptors (Lipinski definition) is 4. The third kappa shape index (κ3) is 5.08. The summed E-state index contributed by atoms with van der Waals surface area (Å²) in [6.45, 7) is 0.714. The number of carbonyl (C=O) groups excluding carboxylic acids is 1. The smallest absolute Gasteiger partial charge is 0.243 e. The van der Waals surface area contributed by atoms with Gasteiger partial charge in [-0.15, -0.1) is 0 Å². The average Bonchev–Trinajstić information content (AvgIpc) is 2.66. The largest absolute Gasteiger partial charge is 0.324 e. The van der Waals surface area contributed by atoms with Crippen LogP contribution >= 0.6 is 11.6 Å². The zero-order chi connectivity index (χ0) is 21.2. The molecule has 1 amide bonds. The van der Waals surface area contributed by atoms with Gasteiger partial charge in [0, 0.05) is 26.2 Å². The summed E-state index contributed by atoms with van der Waals surface area (Å²) in [6, 6.07) is 6.03. The molecule has 3 rings (SSSR count). The van der Waals surface area contributed by atoms with Crippen LogP contribution < -0.4 is 5.32 Å². The first kappa shape index (κ1) is 21.6. The third-order valence-corrected chi connectivity index (χ3v) is 6.64. The van der Waals surface area contributed by atoms with Gasteiger partial charge in [0.15, 0.2) is 11.6 Å². The maximum absolute atomic E-state index is 13.4. The van der Waals surface area contributed by atoms with E-state index in [0.717, 1.165) is 22.5 Å². The summed E-state index contributed by atoms with van der Waals surface area (Å²) in [6.07, 6.45) is 0. The molecule has 1 heterocycles. The van der Waals surface area contributed by atoms with Crippen LogP contribution in [0.15, 0.2) is 41.3 Å². The summed E-state index contributed by atoms with van der Waals surface area (Å²) in [7, 11) is -3.96. The monoisotopic (exact) mass is 447 g/mol. The van der Waals surface area contributed by atoms with Crippen molar-refractivity contribution in [3.63, 3.8) is 0 Å². The fourth-order valence-electron chi connectivity index (χ4n) is 2.90. The van der Waals surface area contributed by atoms with Gasteiger partial charge in [0.25, 0.3) is 0 Å². The van der Waals surface area contributed by atoms with Gasteiger partial charge in [-0.05, 0) is 36.4 Å². The summed E-state index contributed by atoms with van der Waals surface area (Å²) in [5.74, 6) is -3.26. The Balaban J connectivity index is 1.57. The van der Waals surface area contributed by atoms with Crippen molar-refractivity contribution in [2.75, 3.05) is 38.0 Å². The van der Waals surface area contributed by atoms with E-state index in [2.05, 4.69) is 5.32 Å². The number of amides is 1. The maximum Gasteiger partial charge on any atom is 0.243 e. The predicted octanol–water partition coefficient (Wildman–Crippen LogP) is 2.70. The average molecular weight is 448 g/mol. The van der Waals surface area contributed by atoms with Crippen molar-refractivity contribution in [1.29, 1.82) is 0 Å². The van der Waals surface area contributed by atoms with Gasteiger partial charge in [0.1, 0.15) is 5.82 Å². The van der Waals surface area contributed by atoms with E-state index in [1.807, 2.05) is 0 Å². The molecule has 1 N–H and O–H groups in total. The summed E-state index contributed by atoms with van der Waals surface area (Å²) in [5, 5.41) is 2.65. The Kier molecular flexibility index (Phi) is 6.47. The summed E-state index contributed by atoms with van der Waals surface area (Å²) < 4.78 is 65.8. The molecule has 29 heavy (non-hydrogen) atoms. The number of carbonyl (C=O) groups is 1. The second-order valence-corrected chi connectivity index (χ2v) is 8.77. The number of anilines is 1. The molecule has 2 aromatic rings. The Morgan fingerprint density at radius 2 is 1.69 bits per heavy atom. The number of halogens is 4. The van der Waals surface area contributed by atoms with E-state index in [9.17, 15) is 26.4 Å². The normalized spacial score (nSPS) is 16.0. The van der Waals surface area contributed by atoms with Crippen molar-refractivity contribution in [2.24, 2.45) is 0 Å². The van der Waals surface area contributed by atoms with Gasteiger partial charge in [0.05, 0.1) is 22.2 Å². The van der Waals surface area contributed by atoms with Gasteiger partial charge < -0.3 is 5.32 Å². The molecule has 156 valence electrons. The van der Waals surface area contributed by atoms with Gasteiger partial charge in [0.2, 0.25) is 15.9 Å². The van der Waals surface area contributed by atoms with E-state index in [0.29, 0.717) is 6.07 Å². The highest BCUT2D eigenvalue weighted by molar-refractivity contribution is 7.89. The molecule has 0 unspecified atom stereocenters. The van der Waals surface area contributed by atoms with Crippen LogP contribution in [0.4, 0.5) is 18.9 Å². The molecular formula is C18H17ClF3N3O3S. The number of nitrogens with zero attached hydrogens (tertiary/aromatic N) is 2. The summed E-state index contributed by atoms with van der Waals surface area (Å²) in [4.78, 5) is 13.6. The lowest BCUT2D eigenvalue weighted by Gasteiger charge is -2.33. The maximum atomic E-state index is 13.4. The zero-order valence-electron chi connectivity index (χ0n) is 15.0. The number of piperazine rings is 1. The van der Waals surface area contributed by atoms with Crippen molar-refractivity contribution in [2.45, 2.75) is 4.90 Å². The van der Waals surface area contributed by atoms with Gasteiger partial charge in [-0.25, -0.2) is 21.6 Å². The molecule has 6 nitrogen and oxygen atoms in total. The minimum Gasteiger partial charge on any atom is -0.324 e. The van der Waals surface area contributed by atoms with Crippen LogP contribution in [0.5, 0.6) is 0 Å². The van der Waals surface area contributed by atoms with Gasteiger partial charge in [-0.3, -0.25) is 9.69 Å². The Morgan fingerprint density at radius 3 is 2.31 bits per heavy atom. The van der Waals surface area contributed by atoms with E-state index < -0.39 is 27.5 Å². The molecule has 1 fully saturated rings. The molecule has 0 saturated carbocycles. The minimum atomic E-state index is -3.96. The van der Waals surface area contributed by atoms with Crippen LogP contribution in [0.3, 0.4) is 0 Å². The SMILES string of the molecule is O=C(CN1CCN(S(=O)(=O)c2ccc(F)c(F)c2)CC1)Nc1ccc(F)cc1Cl. The topological polar surface area (TPSA) is 69.7 Å². The van der Waals surface area contributed by atoms with Crippen molar-refractivity contribution in [3.8, 4) is 0 Å². The fraction of sp³-hybridized carbons (Fsp3) is 0.278. The quantitative estimate of drug-likeness (QED) is 0.765. The number of rotatable bonds is 5. The fourth-order valence-corrected chi connectivity index (χ4v) is 4.55. The molecule has 1 aliphatic heterocycles. The van der Waals surface area contributed by atoms with Gasteiger partial charge >= 0.3 is 0 Å². The molecule has 1 saturated heterocycles. The van der Waals surface area contributed by atoms with E-state index >= 15 is 0 Å². The second-order valence-electron chi connectivity index (χ2n) is 6.43. The van der Waals surface area contributed by atoms with Crippen molar-refractivity contribution in [3.05, 3.63) is 58.9 Å². The lowest BCUT2D eigenvalue weighted by atomic mass is 10.3. The zero-order valence-corrected chi connectivity index (χ0v) is 16.6. The highest BCUT2D eigenvalue weighted by atomic mass is 35.5. The van der Waals surface area contributed by atoms with E-state index in [-0.39, 0.29) is 54.2 Å². The molecule has 0 spiro atoms. The van der Waals surface area contributed by atoms with E-state index in [4.69, 9.17) is 11.6 Å². The minimum absolute atomic E-state index is 0.00717. The van der Waals surface area contributed by atoms with Crippen molar-refractivity contribution >= 4 is 33.2 Å². The molecule has 0 radical (unpaired) electrons. The number of benzene rings is 2. The summed E-state index contributed by atoms with van der Waals surface area (Å²) in [5.41, 5.74) is 0.276. The van der Waals surface area contributed by atoms with E-state index in [1.165, 1.54) is 12.1 Å². The van der Waals surface area contributed by atoms with Crippen LogP contribution in [-0.2, 0) is 14.8 Å². The molecule has 2 aromatic carbocycles. The lowest BCUT2D eigenvalue weighted by Crippen LogP contribution is -2.50. The molecule has 11 heteroatoms. The first-order chi connectivity index (χ1) is 13.7. The highest BCUT2D eigenvalue weighted by Gasteiger charge is 2.29. The van der Waals surface area contributed by atoms with Crippen LogP contribution in [-0.4, -0.2) is 56.3 Å². The van der Waals surface area contributed by atoms with Crippen LogP contribution in [0.25, 0.3) is 0 Å². The van der Waals surface area contributed by atoms with Gasteiger partial charge in [-0.1, -0.05) is 11.6 Å². The van der Waals surface area contributed by atoms with E-state index in [1.54, 1.807) is 4.90 Å². The Labute approximate surface area is 170 Å². The Hall–Kier alpha value is -2.14. The Morgan fingerprint density at radius 1 is 1.00 bits per heavy atom. The number of sulfonamides is 1. The van der Waals surface area contributed by atoms with Gasteiger partial charge in [-0.2, -0.15) is 4.31 Å². The molecular weight excluding hydrogens is 431 g/mol. The van der Waals surface area contributed by atoms with Crippen molar-refractivity contribution in [1.82, 2.24) is 9.21 Å². The van der Waals surface area contributed by atoms with Crippen LogP contribution in [0.1, 0.15) is 0 Å². The summed E-state index contributed by atoms with van der Waals surface area (Å²) >= 11 is 5.87. The van der Waals surface area contributed by atoms with Crippen molar-refractivity contribution < 1.29 is 26.4 Å². The predicted molar refractivity (Wildman–Crippen MR) is 102 cm³/mol. The standard InChI is InChI=1S/C18H17ClF3N3O3S/c19-14-9-12(20)1-4-17(14)23-18(26)11-24-5-7-25(8-6-24)29(27,28)13-2-3-15(21)16(22)10-13/h1-4,9-10H,5-8,11H2,(H,23,26).